The fourth-order valence-corrected chi connectivity index (χ4v) is 6.25. The number of aromatic amines is 1. The molecule has 1 aromatic carbocycles. The minimum absolute atomic E-state index is 0. The third-order valence-corrected chi connectivity index (χ3v) is 9.93. The summed E-state index contributed by atoms with van der Waals surface area (Å²) in [6.07, 6.45) is 5.70. The predicted octanol–water partition coefficient (Wildman–Crippen LogP) is 5.64. The molecule has 0 spiro atoms. The molecule has 47 heavy (non-hydrogen) atoms. The van der Waals surface area contributed by atoms with Crippen molar-refractivity contribution in [3.8, 4) is 5.75 Å². The van der Waals surface area contributed by atoms with Gasteiger partial charge in [-0.15, -0.1) is 10.2 Å². The maximum atomic E-state index is 13.1. The third-order valence-electron chi connectivity index (χ3n) is 8.27. The molecule has 0 bridgehead atoms. The average molecular weight is 820 g/mol. The van der Waals surface area contributed by atoms with Crippen molar-refractivity contribution in [2.45, 2.75) is 110 Å². The number of carbonyl (C=O) groups excluding carboxylic acids is 2. The van der Waals surface area contributed by atoms with Crippen molar-refractivity contribution in [1.82, 2.24) is 29.9 Å². The van der Waals surface area contributed by atoms with Crippen molar-refractivity contribution in [3.63, 3.8) is 0 Å². The Morgan fingerprint density at radius 1 is 1.00 bits per heavy atom. The van der Waals surface area contributed by atoms with Gasteiger partial charge in [0.25, 0.3) is 5.91 Å². The molecule has 3 rings (SSSR count). The Labute approximate surface area is 317 Å². The van der Waals surface area contributed by atoms with Crippen LogP contribution in [0.2, 0.25) is 5.02 Å². The number of fused-ring (bicyclic) bond motifs is 1. The molecule has 3 aromatic rings. The van der Waals surface area contributed by atoms with Crippen LogP contribution >= 0.6 is 11.6 Å². The van der Waals surface area contributed by atoms with Crippen LogP contribution in [0.25, 0.3) is 5.65 Å². The number of hydrogen-bond acceptors (Lipinski definition) is 7. The standard InChI is InChI=1S/C32H49ClN7O5S.Pr/c1-9-10-11-12-13-16-19-46(43,44)34-20-24(41)35-22-17-14-15-18-23(22)45-21-25(42)36-32(7,8)31(5,6)29-38-37-28-26(33)27(30(2,3)4)39-40(28)29;/h14-15,17-18,20,34,39H,9-13,16,19,21H2,1-8H3,(H,35,41)(H,36,42);/q-1;. The average Bonchev–Trinajstić information content (AvgIpc) is 3.53. The van der Waals surface area contributed by atoms with E-state index in [1.54, 1.807) is 28.8 Å². The Morgan fingerprint density at radius 3 is 2.30 bits per heavy atom. The number of aromatic nitrogens is 4. The van der Waals surface area contributed by atoms with Gasteiger partial charge in [-0.25, -0.2) is 19.5 Å². The summed E-state index contributed by atoms with van der Waals surface area (Å²) in [6.45, 7) is 16.5. The fraction of sp³-hybridized carbons (Fsp3) is 0.594. The second-order valence-corrected chi connectivity index (χ2v) is 15.9. The first kappa shape index (κ1) is 41.2. The number of carbonyl (C=O) groups is 2. The van der Waals surface area contributed by atoms with Crippen molar-refractivity contribution in [1.29, 1.82) is 0 Å². The van der Waals surface area contributed by atoms with Crippen LogP contribution in [0.15, 0.2) is 24.3 Å². The van der Waals surface area contributed by atoms with Crippen LogP contribution in [-0.2, 0) is 30.4 Å². The summed E-state index contributed by atoms with van der Waals surface area (Å²) in [6, 6.07) is 6.59. The molecule has 0 aliphatic heterocycles. The number of nitrogens with zero attached hydrogens (tertiary/aromatic N) is 3. The Morgan fingerprint density at radius 2 is 1.64 bits per heavy atom. The Bertz CT molecular complexity index is 1610. The molecule has 12 nitrogen and oxygen atoms in total. The summed E-state index contributed by atoms with van der Waals surface area (Å²) in [5.74, 6) is -0.273. The van der Waals surface area contributed by atoms with E-state index < -0.39 is 32.8 Å². The number of hydrogen-bond donors (Lipinski definition) is 4. The number of benzene rings is 1. The maximum Gasteiger partial charge on any atom is 0.258 e. The van der Waals surface area contributed by atoms with Gasteiger partial charge in [0.15, 0.2) is 28.1 Å². The SMILES string of the molecule is CCCCCCCCS(=O)(=O)N[CH-]C(=O)Nc1ccccc1OCC(=O)NC(C)(C)C(C)(C)c1nnc2c(Cl)c(C(C)(C)C)[nH]n12.[Pr]. The van der Waals surface area contributed by atoms with Gasteiger partial charge in [0.1, 0.15) is 16.7 Å². The van der Waals surface area contributed by atoms with Crippen LogP contribution in [0, 0.1) is 47.8 Å². The van der Waals surface area contributed by atoms with E-state index in [4.69, 9.17) is 16.3 Å². The van der Waals surface area contributed by atoms with Crippen molar-refractivity contribution >= 4 is 44.8 Å². The molecular weight excluding hydrogens is 771 g/mol. The molecule has 1 radical (unpaired) electrons. The molecule has 0 aliphatic rings. The van der Waals surface area contributed by atoms with E-state index in [0.717, 1.165) is 44.3 Å². The number of rotatable bonds is 17. The van der Waals surface area contributed by atoms with Crippen molar-refractivity contribution in [2.24, 2.45) is 0 Å². The minimum atomic E-state index is -3.63. The van der Waals surface area contributed by atoms with Gasteiger partial charge in [0, 0.05) is 57.7 Å². The molecule has 0 unspecified atom stereocenters. The second-order valence-electron chi connectivity index (χ2n) is 13.7. The first-order valence-electron chi connectivity index (χ1n) is 15.7. The number of unbranched alkanes of at least 4 members (excludes halogenated alkanes) is 5. The monoisotopic (exact) mass is 819 g/mol. The number of sulfonamides is 1. The Balaban J connectivity index is 0.00000768. The molecule has 2 heterocycles. The zero-order chi connectivity index (χ0) is 34.3. The van der Waals surface area contributed by atoms with Gasteiger partial charge in [-0.2, -0.15) is 0 Å². The van der Waals surface area contributed by atoms with E-state index in [1.165, 1.54) is 0 Å². The summed E-state index contributed by atoms with van der Waals surface area (Å²) in [7, 11) is -3.63. The smallest absolute Gasteiger partial charge is 0.258 e. The number of amides is 2. The van der Waals surface area contributed by atoms with Crippen LogP contribution in [-0.4, -0.2) is 57.9 Å². The molecule has 0 fully saturated rings. The number of para-hydroxylation sites is 2. The number of ether oxygens (including phenoxy) is 1. The predicted molar refractivity (Wildman–Crippen MR) is 181 cm³/mol. The molecule has 15 heteroatoms. The van der Waals surface area contributed by atoms with Gasteiger partial charge >= 0.3 is 0 Å². The zero-order valence-corrected chi connectivity index (χ0v) is 34.1. The van der Waals surface area contributed by atoms with E-state index in [1.807, 2.05) is 48.5 Å². The molecule has 0 saturated heterocycles. The van der Waals surface area contributed by atoms with Crippen molar-refractivity contribution < 1.29 is 64.0 Å². The zero-order valence-electron chi connectivity index (χ0n) is 28.8. The molecule has 0 saturated carbocycles. The van der Waals surface area contributed by atoms with Gasteiger partial charge < -0.3 is 24.9 Å². The Hall–Kier alpha value is -1.93. The summed E-state index contributed by atoms with van der Waals surface area (Å²) >= 11 is 6.62. The first-order valence-corrected chi connectivity index (χ1v) is 17.7. The number of halogens is 1. The van der Waals surface area contributed by atoms with Crippen LogP contribution < -0.4 is 20.1 Å². The minimum Gasteiger partial charge on any atom is -0.482 e. The van der Waals surface area contributed by atoms with E-state index >= 15 is 0 Å². The largest absolute Gasteiger partial charge is 0.482 e. The summed E-state index contributed by atoms with van der Waals surface area (Å²) in [4.78, 5) is 25.7. The summed E-state index contributed by atoms with van der Waals surface area (Å²) < 4.78 is 34.4. The Kier molecular flexibility index (Phi) is 15.0. The molecule has 259 valence electrons. The van der Waals surface area contributed by atoms with Gasteiger partial charge in [-0.3, -0.25) is 9.89 Å². The van der Waals surface area contributed by atoms with Crippen LogP contribution in [0.1, 0.15) is 105 Å². The van der Waals surface area contributed by atoms with Gasteiger partial charge in [0.05, 0.1) is 17.1 Å². The maximum absolute atomic E-state index is 13.1. The third kappa shape index (κ3) is 11.0. The first-order chi connectivity index (χ1) is 21.4. The van der Waals surface area contributed by atoms with Gasteiger partial charge in [0.2, 0.25) is 0 Å². The summed E-state index contributed by atoms with van der Waals surface area (Å²) in [5, 5.41) is 18.2. The van der Waals surface area contributed by atoms with Crippen molar-refractivity contribution in [3.05, 3.63) is 47.4 Å². The van der Waals surface area contributed by atoms with Crippen LogP contribution in [0.3, 0.4) is 0 Å². The van der Waals surface area contributed by atoms with Gasteiger partial charge in [-0.05, 0) is 32.4 Å². The fourth-order valence-electron chi connectivity index (χ4n) is 4.81. The number of anilines is 1. The molecule has 0 atom stereocenters. The van der Waals surface area contributed by atoms with Gasteiger partial charge in [-0.1, -0.05) is 97.4 Å². The number of H-pyrrole nitrogens is 1. The summed E-state index contributed by atoms with van der Waals surface area (Å²) in [5.41, 5.74) is -0.131. The molecule has 2 aromatic heterocycles. The molecule has 0 aliphatic carbocycles. The van der Waals surface area contributed by atoms with E-state index in [9.17, 15) is 18.0 Å². The molecular formula is C32H49ClN7O5PrS-. The molecule has 2 amide bonds. The van der Waals surface area contributed by atoms with Crippen LogP contribution in [0.5, 0.6) is 5.75 Å². The van der Waals surface area contributed by atoms with Crippen molar-refractivity contribution in [2.75, 3.05) is 17.7 Å². The molecule has 4 N–H and O–H groups in total. The van der Waals surface area contributed by atoms with E-state index in [2.05, 4.69) is 37.6 Å². The van der Waals surface area contributed by atoms with Crippen LogP contribution in [0.4, 0.5) is 5.69 Å². The van der Waals surface area contributed by atoms with E-state index in [0.29, 0.717) is 22.9 Å². The second kappa shape index (κ2) is 17.1. The van der Waals surface area contributed by atoms with E-state index in [-0.39, 0.29) is 70.5 Å². The number of nitrogens with one attached hydrogen (secondary N) is 4. The topological polar surface area (TPSA) is 160 Å². The normalized spacial score (nSPS) is 12.4. The quantitative estimate of drug-likeness (QED) is 0.101.